The van der Waals surface area contributed by atoms with Gasteiger partial charge in [0.25, 0.3) is 0 Å². The molecule has 0 radical (unpaired) electrons. The molecule has 2 rings (SSSR count). The quantitative estimate of drug-likeness (QED) is 0.0788. The number of aliphatic carboxylic acids is 2. The molecule has 0 aromatic heterocycles. The third kappa shape index (κ3) is 16.7. The molecule has 1 aliphatic heterocycles. The Morgan fingerprint density at radius 1 is 0.952 bits per heavy atom. The number of allylic oxidation sites excluding steroid dienone is 4. The first-order valence-corrected chi connectivity index (χ1v) is 14.7. The lowest BCUT2D eigenvalue weighted by Gasteiger charge is -2.26. The summed E-state index contributed by atoms with van der Waals surface area (Å²) in [5, 5.41) is 15.6. The van der Waals surface area contributed by atoms with Crippen molar-refractivity contribution in [3.8, 4) is 11.5 Å². The Hall–Kier alpha value is -3.43. The third-order valence-electron chi connectivity index (χ3n) is 6.59. The van der Waals surface area contributed by atoms with E-state index >= 15 is 0 Å². The highest BCUT2D eigenvalue weighted by molar-refractivity contribution is 5.89. The van der Waals surface area contributed by atoms with Crippen LogP contribution in [0.3, 0.4) is 0 Å². The Balaban J connectivity index is 0.000000962. The van der Waals surface area contributed by atoms with Crippen LogP contribution in [0.5, 0.6) is 11.5 Å². The molecule has 0 bridgehead atoms. The van der Waals surface area contributed by atoms with Crippen LogP contribution in [-0.4, -0.2) is 73.0 Å². The molecular formula is C33H49NO8. The Morgan fingerprint density at radius 2 is 1.60 bits per heavy atom. The van der Waals surface area contributed by atoms with Gasteiger partial charge in [0.15, 0.2) is 0 Å². The fourth-order valence-corrected chi connectivity index (χ4v) is 4.23. The monoisotopic (exact) mass is 587 g/mol. The van der Waals surface area contributed by atoms with Gasteiger partial charge in [-0.25, -0.2) is 9.59 Å². The topological polar surface area (TPSA) is 123 Å². The number of hydrogen-bond donors (Lipinski definition) is 2. The summed E-state index contributed by atoms with van der Waals surface area (Å²) in [4.78, 5) is 34.1. The van der Waals surface area contributed by atoms with E-state index in [1.54, 1.807) is 7.11 Å². The van der Waals surface area contributed by atoms with Gasteiger partial charge in [0, 0.05) is 37.3 Å². The molecular weight excluding hydrogens is 538 g/mol. The fourth-order valence-electron chi connectivity index (χ4n) is 4.23. The molecule has 1 aromatic carbocycles. The van der Waals surface area contributed by atoms with Crippen LogP contribution in [0.2, 0.25) is 0 Å². The van der Waals surface area contributed by atoms with Gasteiger partial charge in [-0.3, -0.25) is 9.69 Å². The highest BCUT2D eigenvalue weighted by Gasteiger charge is 2.17. The summed E-state index contributed by atoms with van der Waals surface area (Å²) in [6.07, 6.45) is 13.2. The number of carboxylic acids is 2. The van der Waals surface area contributed by atoms with Crippen LogP contribution < -0.4 is 9.47 Å². The number of rotatable bonds is 16. The molecule has 0 unspecified atom stereocenters. The number of carbonyl (C=O) groups is 3. The zero-order chi connectivity index (χ0) is 31.3. The molecule has 234 valence electrons. The number of unbranched alkanes of at least 4 members (excludes halogenated alkanes) is 2. The standard InChI is InChI=1S/C29H45NO4.C4H4O4/c1-6-7-8-12-25-21-27(32-5)26(14-13-24(4)11-9-10-23(2)3)28(22-25)34-29(31)15-16-30-17-19-33-20-18-30;5-3(6)1-2-4(7)8/h10,13,21-22H,6-9,11-12,14-20H2,1-5H3;1-2H,(H,5,6)(H,7,8)/b24-13+;2-1+. The molecule has 1 saturated heterocycles. The highest BCUT2D eigenvalue weighted by Crippen LogP contribution is 2.33. The molecule has 0 aliphatic carbocycles. The van der Waals surface area contributed by atoms with Crippen LogP contribution in [-0.2, 0) is 32.0 Å². The van der Waals surface area contributed by atoms with Crippen molar-refractivity contribution in [2.24, 2.45) is 0 Å². The largest absolute Gasteiger partial charge is 0.496 e. The van der Waals surface area contributed by atoms with Crippen LogP contribution in [0.25, 0.3) is 0 Å². The number of esters is 1. The van der Waals surface area contributed by atoms with Gasteiger partial charge in [-0.1, -0.05) is 43.1 Å². The smallest absolute Gasteiger partial charge is 0.328 e. The first kappa shape index (κ1) is 36.6. The van der Waals surface area contributed by atoms with Gasteiger partial charge in [0.1, 0.15) is 11.5 Å². The summed E-state index contributed by atoms with van der Waals surface area (Å²) < 4.78 is 17.1. The lowest BCUT2D eigenvalue weighted by atomic mass is 10.00. The summed E-state index contributed by atoms with van der Waals surface area (Å²) in [5.41, 5.74) is 4.79. The zero-order valence-corrected chi connectivity index (χ0v) is 25.9. The molecule has 0 amide bonds. The average molecular weight is 588 g/mol. The van der Waals surface area contributed by atoms with Crippen molar-refractivity contribution in [2.45, 2.75) is 79.1 Å². The van der Waals surface area contributed by atoms with E-state index in [-0.39, 0.29) is 5.97 Å². The molecule has 1 aromatic rings. The highest BCUT2D eigenvalue weighted by atomic mass is 16.5. The second-order valence-corrected chi connectivity index (χ2v) is 10.5. The molecule has 1 aliphatic rings. The maximum atomic E-state index is 12.8. The maximum Gasteiger partial charge on any atom is 0.328 e. The normalized spacial score (nSPS) is 13.7. The van der Waals surface area contributed by atoms with E-state index in [9.17, 15) is 14.4 Å². The molecule has 0 spiro atoms. The molecule has 0 saturated carbocycles. The van der Waals surface area contributed by atoms with Gasteiger partial charge in [0.2, 0.25) is 0 Å². The van der Waals surface area contributed by atoms with E-state index in [1.165, 1.54) is 24.0 Å². The van der Waals surface area contributed by atoms with Crippen LogP contribution in [0.1, 0.15) is 77.3 Å². The number of hydrogen-bond acceptors (Lipinski definition) is 7. The second kappa shape index (κ2) is 21.3. The predicted molar refractivity (Wildman–Crippen MR) is 164 cm³/mol. The molecule has 2 N–H and O–H groups in total. The van der Waals surface area contributed by atoms with E-state index in [1.807, 2.05) is 6.07 Å². The van der Waals surface area contributed by atoms with Gasteiger partial charge >= 0.3 is 17.9 Å². The second-order valence-electron chi connectivity index (χ2n) is 10.5. The molecule has 9 nitrogen and oxygen atoms in total. The van der Waals surface area contributed by atoms with Gasteiger partial charge in [-0.15, -0.1) is 0 Å². The number of carbonyl (C=O) groups excluding carboxylic acids is 1. The third-order valence-corrected chi connectivity index (χ3v) is 6.59. The Kier molecular flexibility index (Phi) is 18.6. The first-order chi connectivity index (χ1) is 20.0. The Bertz CT molecular complexity index is 1060. The van der Waals surface area contributed by atoms with Gasteiger partial charge in [-0.2, -0.15) is 0 Å². The van der Waals surface area contributed by atoms with E-state index in [2.05, 4.69) is 50.8 Å². The minimum atomic E-state index is -1.26. The molecule has 1 heterocycles. The van der Waals surface area contributed by atoms with E-state index in [4.69, 9.17) is 24.4 Å². The summed E-state index contributed by atoms with van der Waals surface area (Å²) >= 11 is 0. The van der Waals surface area contributed by atoms with Gasteiger partial charge in [0.05, 0.1) is 26.7 Å². The minimum Gasteiger partial charge on any atom is -0.496 e. The van der Waals surface area contributed by atoms with Crippen molar-refractivity contribution < 1.29 is 38.8 Å². The summed E-state index contributed by atoms with van der Waals surface area (Å²) in [6.45, 7) is 12.5. The number of aryl methyl sites for hydroxylation is 1. The minimum absolute atomic E-state index is 0.190. The molecule has 42 heavy (non-hydrogen) atoms. The van der Waals surface area contributed by atoms with Crippen molar-refractivity contribution in [2.75, 3.05) is 40.0 Å². The number of ether oxygens (including phenoxy) is 3. The maximum absolute atomic E-state index is 12.8. The average Bonchev–Trinajstić information content (AvgIpc) is 2.95. The Labute approximate surface area is 250 Å². The van der Waals surface area contributed by atoms with Crippen LogP contribution in [0, 0.1) is 0 Å². The van der Waals surface area contributed by atoms with E-state index < -0.39 is 11.9 Å². The number of carboxylic acid groups (broad SMARTS) is 2. The lowest BCUT2D eigenvalue weighted by Crippen LogP contribution is -2.37. The van der Waals surface area contributed by atoms with Crippen molar-refractivity contribution >= 4 is 17.9 Å². The summed E-state index contributed by atoms with van der Waals surface area (Å²) in [6, 6.07) is 4.16. The van der Waals surface area contributed by atoms with Crippen molar-refractivity contribution in [3.05, 3.63) is 58.7 Å². The Morgan fingerprint density at radius 3 is 2.17 bits per heavy atom. The molecule has 1 fully saturated rings. The predicted octanol–water partition coefficient (Wildman–Crippen LogP) is 6.00. The SMILES string of the molecule is CCCCCc1cc(OC)c(C/C=C(\C)CCC=C(C)C)c(OC(=O)CCN2CCOCC2)c1.O=C(O)/C=C/C(=O)O. The number of nitrogens with zero attached hydrogens (tertiary/aromatic N) is 1. The summed E-state index contributed by atoms with van der Waals surface area (Å²) in [5.74, 6) is -1.26. The van der Waals surface area contributed by atoms with E-state index in [0.717, 1.165) is 68.9 Å². The van der Waals surface area contributed by atoms with E-state index in [0.29, 0.717) is 37.3 Å². The van der Waals surface area contributed by atoms with Crippen molar-refractivity contribution in [1.82, 2.24) is 4.90 Å². The van der Waals surface area contributed by atoms with Crippen LogP contribution >= 0.6 is 0 Å². The van der Waals surface area contributed by atoms with Gasteiger partial charge in [-0.05, 0) is 70.6 Å². The molecule has 9 heteroatoms. The fraction of sp³-hybridized carbons (Fsp3) is 0.545. The first-order valence-electron chi connectivity index (χ1n) is 14.7. The lowest BCUT2D eigenvalue weighted by molar-refractivity contribution is -0.135. The zero-order valence-electron chi connectivity index (χ0n) is 25.9. The number of benzene rings is 1. The van der Waals surface area contributed by atoms with Crippen molar-refractivity contribution in [1.29, 1.82) is 0 Å². The van der Waals surface area contributed by atoms with Crippen molar-refractivity contribution in [3.63, 3.8) is 0 Å². The van der Waals surface area contributed by atoms with Crippen LogP contribution in [0.15, 0.2) is 47.6 Å². The number of morpholine rings is 1. The molecule has 0 atom stereocenters. The van der Waals surface area contributed by atoms with Gasteiger partial charge < -0.3 is 24.4 Å². The summed E-state index contributed by atoms with van der Waals surface area (Å²) in [7, 11) is 1.70. The number of methoxy groups -OCH3 is 1. The van der Waals surface area contributed by atoms with Crippen LogP contribution in [0.4, 0.5) is 0 Å².